The monoisotopic (exact) mass is 314 g/mol. The van der Waals surface area contributed by atoms with Gasteiger partial charge in [-0.3, -0.25) is 9.69 Å². The van der Waals surface area contributed by atoms with E-state index in [2.05, 4.69) is 10.6 Å². The Balaban J connectivity index is 1.71. The number of rotatable bonds is 3. The number of fused-ring (bicyclic) bond motifs is 2. The van der Waals surface area contributed by atoms with E-state index < -0.39 is 12.0 Å². The molecular weight excluding hydrogens is 294 g/mol. The Morgan fingerprint density at radius 3 is 3.00 bits per heavy atom. The van der Waals surface area contributed by atoms with Crippen LogP contribution in [0.4, 0.5) is 0 Å². The van der Waals surface area contributed by atoms with Crippen molar-refractivity contribution in [3.05, 3.63) is 40.9 Å². The van der Waals surface area contributed by atoms with Crippen molar-refractivity contribution in [2.75, 3.05) is 0 Å². The largest absolute Gasteiger partial charge is 0.477 e. The number of carboxylic acids is 1. The van der Waals surface area contributed by atoms with Crippen molar-refractivity contribution in [1.29, 1.82) is 0 Å². The highest BCUT2D eigenvalue weighted by Gasteiger charge is 2.51. The highest BCUT2D eigenvalue weighted by Crippen LogP contribution is 2.36. The fraction of sp³-hybridized carbons (Fsp3) is 0.471. The Morgan fingerprint density at radius 2 is 2.22 bits per heavy atom. The van der Waals surface area contributed by atoms with Gasteiger partial charge in [0.15, 0.2) is 18.4 Å². The zero-order valence-electron chi connectivity index (χ0n) is 12.9. The first kappa shape index (κ1) is 14.4. The first-order valence-corrected chi connectivity index (χ1v) is 8.12. The molecule has 3 aliphatic rings. The lowest BCUT2D eigenvalue weighted by atomic mass is 9.84. The molecule has 1 fully saturated rings. The summed E-state index contributed by atoms with van der Waals surface area (Å²) >= 11 is 0. The fourth-order valence-electron chi connectivity index (χ4n) is 4.14. The lowest BCUT2D eigenvalue weighted by molar-refractivity contribution is -0.696. The zero-order chi connectivity index (χ0) is 16.1. The molecule has 0 saturated carbocycles. The smallest absolute Gasteiger partial charge is 0.352 e. The number of pyridine rings is 1. The zero-order valence-corrected chi connectivity index (χ0v) is 12.9. The Kier molecular flexibility index (Phi) is 3.23. The standard InChI is InChI=1S/C17H19N3O3/c18-14-13-7-6-11(15(17(22)23)20(13)16(14)21)9-19-8-2-4-10-3-1-5-12(10)19/h2,4,8,13-14H,1,3,5-7,9,18H2/p+1/t13-,14+/m1/s1. The van der Waals surface area contributed by atoms with Gasteiger partial charge in [-0.25, -0.2) is 4.79 Å². The molecule has 3 heterocycles. The van der Waals surface area contributed by atoms with Crippen LogP contribution in [-0.2, 0) is 29.0 Å². The van der Waals surface area contributed by atoms with Crippen molar-refractivity contribution in [1.82, 2.24) is 4.90 Å². The van der Waals surface area contributed by atoms with E-state index in [1.807, 2.05) is 12.3 Å². The number of aryl methyl sites for hydroxylation is 1. The van der Waals surface area contributed by atoms with E-state index in [9.17, 15) is 14.7 Å². The van der Waals surface area contributed by atoms with Gasteiger partial charge in [0.05, 0.1) is 6.04 Å². The third-order valence-electron chi connectivity index (χ3n) is 5.29. The maximum atomic E-state index is 12.0. The highest BCUT2D eigenvalue weighted by molar-refractivity contribution is 5.99. The summed E-state index contributed by atoms with van der Waals surface area (Å²) in [7, 11) is 0. The Hall–Kier alpha value is -2.21. The molecule has 0 radical (unpaired) electrons. The number of carbonyl (C=O) groups is 2. The van der Waals surface area contributed by atoms with Gasteiger partial charge in [-0.1, -0.05) is 0 Å². The molecule has 6 heteroatoms. The van der Waals surface area contributed by atoms with Crippen LogP contribution in [0.25, 0.3) is 0 Å². The third-order valence-corrected chi connectivity index (χ3v) is 5.29. The van der Waals surface area contributed by atoms with Gasteiger partial charge < -0.3 is 10.8 Å². The van der Waals surface area contributed by atoms with E-state index in [0.717, 1.165) is 31.3 Å². The molecule has 1 saturated heterocycles. The predicted octanol–water partition coefficient (Wildman–Crippen LogP) is 0.133. The van der Waals surface area contributed by atoms with Gasteiger partial charge in [-0.05, 0) is 31.7 Å². The molecular formula is C17H20N3O3+. The van der Waals surface area contributed by atoms with Gasteiger partial charge in [-0.15, -0.1) is 0 Å². The van der Waals surface area contributed by atoms with Crippen molar-refractivity contribution in [3.63, 3.8) is 0 Å². The molecule has 3 N–H and O–H groups in total. The third kappa shape index (κ3) is 2.09. The first-order chi connectivity index (χ1) is 11.1. The number of β-lactam (4-membered cyclic amide) rings is 1. The fourth-order valence-corrected chi connectivity index (χ4v) is 4.14. The number of nitrogens with zero attached hydrogens (tertiary/aromatic N) is 2. The summed E-state index contributed by atoms with van der Waals surface area (Å²) in [5, 5.41) is 9.60. The van der Waals surface area contributed by atoms with Gasteiger partial charge in [0.25, 0.3) is 0 Å². The minimum absolute atomic E-state index is 0.149. The molecule has 2 aliphatic heterocycles. The minimum Gasteiger partial charge on any atom is -0.477 e. The topological polar surface area (TPSA) is 87.5 Å². The number of carbonyl (C=O) groups excluding carboxylic acids is 1. The summed E-state index contributed by atoms with van der Waals surface area (Å²) in [6.07, 6.45) is 6.69. The second-order valence-corrected chi connectivity index (χ2v) is 6.56. The summed E-state index contributed by atoms with van der Waals surface area (Å²) in [5.41, 5.74) is 9.40. The second-order valence-electron chi connectivity index (χ2n) is 6.56. The van der Waals surface area contributed by atoms with Crippen molar-refractivity contribution in [3.8, 4) is 0 Å². The average molecular weight is 314 g/mol. The van der Waals surface area contributed by atoms with Crippen LogP contribution >= 0.6 is 0 Å². The minimum atomic E-state index is -1.03. The molecule has 6 nitrogen and oxygen atoms in total. The molecule has 0 spiro atoms. The van der Waals surface area contributed by atoms with Gasteiger partial charge in [0.2, 0.25) is 5.91 Å². The van der Waals surface area contributed by atoms with Gasteiger partial charge in [0, 0.05) is 23.6 Å². The van der Waals surface area contributed by atoms with E-state index in [1.165, 1.54) is 16.2 Å². The highest BCUT2D eigenvalue weighted by atomic mass is 16.4. The molecule has 1 aliphatic carbocycles. The van der Waals surface area contributed by atoms with E-state index in [-0.39, 0.29) is 17.6 Å². The Morgan fingerprint density at radius 1 is 1.39 bits per heavy atom. The summed E-state index contributed by atoms with van der Waals surface area (Å²) < 4.78 is 2.14. The first-order valence-electron chi connectivity index (χ1n) is 8.12. The number of aliphatic carboxylic acids is 1. The van der Waals surface area contributed by atoms with Crippen LogP contribution in [0.3, 0.4) is 0 Å². The summed E-state index contributed by atoms with van der Waals surface area (Å²) in [6, 6.07) is 3.46. The number of hydrogen-bond acceptors (Lipinski definition) is 3. The summed E-state index contributed by atoms with van der Waals surface area (Å²) in [6.45, 7) is 0.538. The Bertz CT molecular complexity index is 741. The normalized spacial score (nSPS) is 26.0. The van der Waals surface area contributed by atoms with Crippen molar-refractivity contribution in [2.45, 2.75) is 50.7 Å². The van der Waals surface area contributed by atoms with Crippen LogP contribution in [0.15, 0.2) is 29.6 Å². The molecule has 23 heavy (non-hydrogen) atoms. The molecule has 2 atom stereocenters. The summed E-state index contributed by atoms with van der Waals surface area (Å²) in [4.78, 5) is 25.1. The number of aromatic nitrogens is 1. The number of carboxylic acid groups (broad SMARTS) is 1. The second kappa shape index (κ2) is 5.16. The molecule has 0 bridgehead atoms. The molecule has 0 unspecified atom stereocenters. The molecule has 4 rings (SSSR count). The number of amides is 1. The number of nitrogens with two attached hydrogens (primary N) is 1. The van der Waals surface area contributed by atoms with Crippen molar-refractivity contribution in [2.24, 2.45) is 5.73 Å². The lowest BCUT2D eigenvalue weighted by Crippen LogP contribution is -2.69. The van der Waals surface area contributed by atoms with Crippen LogP contribution in [0.2, 0.25) is 0 Å². The Labute approximate surface area is 134 Å². The summed E-state index contributed by atoms with van der Waals surface area (Å²) in [5.74, 6) is -1.30. The quantitative estimate of drug-likeness (QED) is 0.613. The van der Waals surface area contributed by atoms with Crippen molar-refractivity contribution >= 4 is 11.9 Å². The van der Waals surface area contributed by atoms with E-state index in [0.29, 0.717) is 13.0 Å². The van der Waals surface area contributed by atoms with Gasteiger partial charge in [0.1, 0.15) is 11.7 Å². The van der Waals surface area contributed by atoms with E-state index in [1.54, 1.807) is 0 Å². The lowest BCUT2D eigenvalue weighted by Gasteiger charge is -2.48. The van der Waals surface area contributed by atoms with E-state index in [4.69, 9.17) is 5.73 Å². The van der Waals surface area contributed by atoms with Crippen LogP contribution in [0, 0.1) is 0 Å². The van der Waals surface area contributed by atoms with Crippen LogP contribution in [0.1, 0.15) is 30.5 Å². The SMILES string of the molecule is N[C@@H]1C(=O)N2C(C(=O)O)=C(C[n+]3cccc4c3CCC4)CC[C@H]12. The average Bonchev–Trinajstić information content (AvgIpc) is 3.03. The number of allylic oxidation sites excluding steroid dienone is 1. The van der Waals surface area contributed by atoms with Crippen LogP contribution in [0.5, 0.6) is 0 Å². The predicted molar refractivity (Wildman–Crippen MR) is 81.2 cm³/mol. The van der Waals surface area contributed by atoms with Gasteiger partial charge >= 0.3 is 5.97 Å². The molecule has 1 aromatic rings. The number of hydrogen-bond donors (Lipinski definition) is 2. The molecule has 1 aromatic heterocycles. The maximum Gasteiger partial charge on any atom is 0.352 e. The molecule has 120 valence electrons. The maximum absolute atomic E-state index is 12.0. The van der Waals surface area contributed by atoms with Crippen LogP contribution in [-0.4, -0.2) is 34.0 Å². The van der Waals surface area contributed by atoms with Gasteiger partial charge in [-0.2, -0.15) is 4.57 Å². The van der Waals surface area contributed by atoms with E-state index >= 15 is 0 Å². The van der Waals surface area contributed by atoms with Crippen molar-refractivity contribution < 1.29 is 19.3 Å². The molecule has 1 amide bonds. The van der Waals surface area contributed by atoms with Crippen LogP contribution < -0.4 is 10.3 Å². The molecule has 0 aromatic carbocycles.